The van der Waals surface area contributed by atoms with Crippen LogP contribution >= 0.6 is 15.9 Å². The summed E-state index contributed by atoms with van der Waals surface area (Å²) in [5.41, 5.74) is 2.77. The Labute approximate surface area is 117 Å². The topological polar surface area (TPSA) is 66.0 Å². The zero-order valence-corrected chi connectivity index (χ0v) is 11.3. The van der Waals surface area contributed by atoms with Crippen molar-refractivity contribution >= 4 is 32.8 Å². The molecule has 94 valence electrons. The highest BCUT2D eigenvalue weighted by molar-refractivity contribution is 9.10. The third-order valence-electron chi connectivity index (χ3n) is 2.90. The molecular formula is C14H9BrN2O2. The fourth-order valence-electron chi connectivity index (χ4n) is 1.94. The molecule has 0 unspecified atom stereocenters. The van der Waals surface area contributed by atoms with E-state index in [0.717, 1.165) is 21.1 Å². The molecule has 0 aliphatic carbocycles. The summed E-state index contributed by atoms with van der Waals surface area (Å²) >= 11 is 3.50. The Morgan fingerprint density at radius 2 is 2.11 bits per heavy atom. The maximum Gasteiger partial charge on any atom is 0.337 e. The lowest BCUT2D eigenvalue weighted by Crippen LogP contribution is -1.97. The highest BCUT2D eigenvalue weighted by Crippen LogP contribution is 2.28. The number of rotatable bonds is 2. The van der Waals surface area contributed by atoms with Gasteiger partial charge < -0.3 is 10.1 Å². The van der Waals surface area contributed by atoms with Crippen LogP contribution in [-0.2, 0) is 0 Å². The van der Waals surface area contributed by atoms with Crippen molar-refractivity contribution in [3.63, 3.8) is 0 Å². The molecule has 0 fully saturated rings. The van der Waals surface area contributed by atoms with Gasteiger partial charge in [-0.25, -0.2) is 4.79 Å². The highest BCUT2D eigenvalue weighted by atomic mass is 79.9. The number of fused-ring (bicyclic) bond motifs is 1. The van der Waals surface area contributed by atoms with Gasteiger partial charge in [-0.1, -0.05) is 22.0 Å². The molecule has 0 amide bonds. The number of nitrogens with zero attached hydrogens (tertiary/aromatic N) is 1. The van der Waals surface area contributed by atoms with Gasteiger partial charge in [-0.15, -0.1) is 0 Å². The second-order valence-corrected chi connectivity index (χ2v) is 4.98. The lowest BCUT2D eigenvalue weighted by atomic mass is 10.2. The molecule has 0 saturated heterocycles. The summed E-state index contributed by atoms with van der Waals surface area (Å²) in [5, 5.41) is 9.91. The van der Waals surface area contributed by atoms with E-state index >= 15 is 0 Å². The SMILES string of the molecule is O=C(O)c1ccc(-c2cc3c(Br)cccc3[nH]2)nc1. The highest BCUT2D eigenvalue weighted by Gasteiger charge is 2.08. The molecule has 2 aromatic heterocycles. The van der Waals surface area contributed by atoms with Crippen molar-refractivity contribution in [1.29, 1.82) is 0 Å². The van der Waals surface area contributed by atoms with Gasteiger partial charge in [0.05, 0.1) is 17.0 Å². The molecule has 0 bridgehead atoms. The first-order valence-corrected chi connectivity index (χ1v) is 6.41. The number of nitrogens with one attached hydrogen (secondary N) is 1. The Hall–Kier alpha value is -2.14. The fourth-order valence-corrected chi connectivity index (χ4v) is 2.42. The standard InChI is InChI=1S/C14H9BrN2O2/c15-10-2-1-3-11-9(10)6-13(17-11)12-5-4-8(7-16-12)14(18)19/h1-7,17H,(H,18,19). The van der Waals surface area contributed by atoms with Gasteiger partial charge in [-0.3, -0.25) is 4.98 Å². The van der Waals surface area contributed by atoms with Crippen molar-refractivity contribution in [1.82, 2.24) is 9.97 Å². The van der Waals surface area contributed by atoms with Crippen LogP contribution in [-0.4, -0.2) is 21.0 Å². The molecule has 3 aromatic rings. The fraction of sp³-hybridized carbons (Fsp3) is 0. The van der Waals surface area contributed by atoms with Crippen LogP contribution < -0.4 is 0 Å². The number of halogens is 1. The lowest BCUT2D eigenvalue weighted by molar-refractivity contribution is 0.0696. The Balaban J connectivity index is 2.09. The van der Waals surface area contributed by atoms with Gasteiger partial charge in [0.25, 0.3) is 0 Å². The monoisotopic (exact) mass is 316 g/mol. The van der Waals surface area contributed by atoms with Gasteiger partial charge in [0.2, 0.25) is 0 Å². The third kappa shape index (κ3) is 2.13. The van der Waals surface area contributed by atoms with Crippen LogP contribution in [0.1, 0.15) is 10.4 Å². The van der Waals surface area contributed by atoms with Crippen molar-refractivity contribution < 1.29 is 9.90 Å². The molecule has 3 rings (SSSR count). The van der Waals surface area contributed by atoms with Crippen molar-refractivity contribution in [2.75, 3.05) is 0 Å². The van der Waals surface area contributed by atoms with Gasteiger partial charge in [-0.05, 0) is 30.3 Å². The smallest absolute Gasteiger partial charge is 0.337 e. The van der Waals surface area contributed by atoms with E-state index in [4.69, 9.17) is 5.11 Å². The molecule has 0 radical (unpaired) electrons. The summed E-state index contributed by atoms with van der Waals surface area (Å²) in [5.74, 6) is -0.974. The summed E-state index contributed by atoms with van der Waals surface area (Å²) in [4.78, 5) is 18.2. The van der Waals surface area contributed by atoms with Gasteiger partial charge in [0.15, 0.2) is 0 Å². The first-order chi connectivity index (χ1) is 9.15. The molecule has 0 aliphatic rings. The lowest BCUT2D eigenvalue weighted by Gasteiger charge is -1.97. The second kappa shape index (κ2) is 4.51. The number of carbonyl (C=O) groups is 1. The maximum absolute atomic E-state index is 10.8. The number of benzene rings is 1. The van der Waals surface area contributed by atoms with E-state index in [9.17, 15) is 4.79 Å². The molecule has 2 heterocycles. The molecule has 5 heteroatoms. The number of H-pyrrole nitrogens is 1. The number of aromatic amines is 1. The number of carboxylic acid groups (broad SMARTS) is 1. The summed E-state index contributed by atoms with van der Waals surface area (Å²) in [7, 11) is 0. The summed E-state index contributed by atoms with van der Waals surface area (Å²) < 4.78 is 1.01. The van der Waals surface area contributed by atoms with Gasteiger partial charge in [0, 0.05) is 21.6 Å². The molecule has 0 spiro atoms. The van der Waals surface area contributed by atoms with Crippen LogP contribution in [0.3, 0.4) is 0 Å². The minimum Gasteiger partial charge on any atom is -0.478 e. The van der Waals surface area contributed by atoms with Gasteiger partial charge in [-0.2, -0.15) is 0 Å². The molecule has 4 nitrogen and oxygen atoms in total. The molecular weight excluding hydrogens is 308 g/mol. The van der Waals surface area contributed by atoms with Gasteiger partial charge >= 0.3 is 5.97 Å². The van der Waals surface area contributed by atoms with E-state index in [1.54, 1.807) is 12.1 Å². The molecule has 19 heavy (non-hydrogen) atoms. The van der Waals surface area contributed by atoms with E-state index < -0.39 is 5.97 Å². The zero-order valence-electron chi connectivity index (χ0n) is 9.72. The summed E-state index contributed by atoms with van der Waals surface area (Å²) in [6.07, 6.45) is 1.36. The largest absolute Gasteiger partial charge is 0.478 e. The summed E-state index contributed by atoms with van der Waals surface area (Å²) in [6, 6.07) is 11.1. The van der Waals surface area contributed by atoms with E-state index in [1.807, 2.05) is 24.3 Å². The summed E-state index contributed by atoms with van der Waals surface area (Å²) in [6.45, 7) is 0. The van der Waals surface area contributed by atoms with Gasteiger partial charge in [0.1, 0.15) is 0 Å². The minimum atomic E-state index is -0.974. The quantitative estimate of drug-likeness (QED) is 0.757. The van der Waals surface area contributed by atoms with E-state index in [2.05, 4.69) is 25.9 Å². The number of pyridine rings is 1. The molecule has 0 saturated carbocycles. The molecule has 1 aromatic carbocycles. The van der Waals surface area contributed by atoms with Crippen LogP contribution in [0.2, 0.25) is 0 Å². The molecule has 2 N–H and O–H groups in total. The first kappa shape index (κ1) is 11.9. The molecule has 0 aliphatic heterocycles. The average Bonchev–Trinajstić information content (AvgIpc) is 2.84. The first-order valence-electron chi connectivity index (χ1n) is 5.62. The number of carboxylic acids is 1. The van der Waals surface area contributed by atoms with E-state index in [1.165, 1.54) is 6.20 Å². The predicted molar refractivity (Wildman–Crippen MR) is 76.2 cm³/mol. The number of aromatic nitrogens is 2. The van der Waals surface area contributed by atoms with Crippen LogP contribution in [0, 0.1) is 0 Å². The minimum absolute atomic E-state index is 0.182. The number of hydrogen-bond acceptors (Lipinski definition) is 2. The van der Waals surface area contributed by atoms with Crippen molar-refractivity contribution in [2.45, 2.75) is 0 Å². The van der Waals surface area contributed by atoms with Crippen LogP contribution in [0.5, 0.6) is 0 Å². The Bertz CT molecular complexity index is 763. The Morgan fingerprint density at radius 1 is 1.26 bits per heavy atom. The number of aromatic carboxylic acids is 1. The Kier molecular flexibility index (Phi) is 2.83. The molecule has 0 atom stereocenters. The average molecular weight is 317 g/mol. The van der Waals surface area contributed by atoms with Crippen LogP contribution in [0.4, 0.5) is 0 Å². The van der Waals surface area contributed by atoms with Crippen molar-refractivity contribution in [2.24, 2.45) is 0 Å². The van der Waals surface area contributed by atoms with Crippen LogP contribution in [0.25, 0.3) is 22.3 Å². The number of hydrogen-bond donors (Lipinski definition) is 2. The normalized spacial score (nSPS) is 10.8. The zero-order chi connectivity index (χ0) is 13.4. The third-order valence-corrected chi connectivity index (χ3v) is 3.59. The van der Waals surface area contributed by atoms with Crippen molar-refractivity contribution in [3.8, 4) is 11.4 Å². The van der Waals surface area contributed by atoms with E-state index in [-0.39, 0.29) is 5.56 Å². The van der Waals surface area contributed by atoms with E-state index in [0.29, 0.717) is 5.69 Å². The van der Waals surface area contributed by atoms with Crippen molar-refractivity contribution in [3.05, 3.63) is 52.6 Å². The predicted octanol–water partition coefficient (Wildman–Crippen LogP) is 3.69. The second-order valence-electron chi connectivity index (χ2n) is 4.12. The maximum atomic E-state index is 10.8. The van der Waals surface area contributed by atoms with Crippen LogP contribution in [0.15, 0.2) is 47.1 Å². The Morgan fingerprint density at radius 3 is 2.74 bits per heavy atom.